The van der Waals surface area contributed by atoms with E-state index in [2.05, 4.69) is 9.46 Å². The Morgan fingerprint density at radius 3 is 2.73 bits per heavy atom. The average Bonchev–Trinajstić information content (AvgIpc) is 2.29. The first-order valence-electron chi connectivity index (χ1n) is 3.32. The smallest absolute Gasteiger partial charge is 0.291 e. The van der Waals surface area contributed by atoms with E-state index in [1.807, 2.05) is 0 Å². The van der Waals surface area contributed by atoms with Crippen LogP contribution in [-0.2, 0) is 23.9 Å². The molecule has 0 radical (unpaired) electrons. The van der Waals surface area contributed by atoms with Gasteiger partial charge in [0.05, 0.1) is 19.1 Å². The van der Waals surface area contributed by atoms with Crippen LogP contribution >= 0.6 is 0 Å². The highest BCUT2D eigenvalue weighted by Crippen LogP contribution is 2.27. The molecule has 0 aromatic carbocycles. The summed E-state index contributed by atoms with van der Waals surface area (Å²) in [6.07, 6.45) is 2.12. The van der Waals surface area contributed by atoms with Crippen molar-refractivity contribution in [3.63, 3.8) is 0 Å². The first-order chi connectivity index (χ1) is 5.05. The second kappa shape index (κ2) is 2.91. The molecule has 1 fully saturated rings. The van der Waals surface area contributed by atoms with Gasteiger partial charge in [0.2, 0.25) is 0 Å². The predicted octanol–water partition coefficient (Wildman–Crippen LogP) is 0.350. The van der Waals surface area contributed by atoms with Gasteiger partial charge in [0, 0.05) is 16.2 Å². The molecule has 0 aromatic rings. The van der Waals surface area contributed by atoms with Crippen LogP contribution in [0.15, 0.2) is 0 Å². The Morgan fingerprint density at radius 1 is 1.73 bits per heavy atom. The van der Waals surface area contributed by atoms with Crippen molar-refractivity contribution in [2.24, 2.45) is 0 Å². The van der Waals surface area contributed by atoms with Gasteiger partial charge in [-0.05, 0) is 6.42 Å². The summed E-state index contributed by atoms with van der Waals surface area (Å²) < 4.78 is 19.6. The fraction of sp³-hybridized carbons (Fsp3) is 0.833. The molecule has 1 rings (SSSR count). The van der Waals surface area contributed by atoms with Crippen molar-refractivity contribution in [1.29, 1.82) is 0 Å². The normalized spacial score (nSPS) is 37.1. The molecule has 4 nitrogen and oxygen atoms in total. The monoisotopic (exact) mass is 177 g/mol. The minimum absolute atomic E-state index is 0.378. The molecule has 0 saturated carbocycles. The Kier molecular flexibility index (Phi) is 2.29. The molecule has 1 unspecified atom stereocenters. The standard InChI is InChI=1S/C6H11NO3S/c1-10-6(8)5-3-4-11(2,9)7-5/h5H,3-4H2,1-2H3/t5-,11?/m0/s1. The van der Waals surface area contributed by atoms with Crippen LogP contribution < -0.4 is 0 Å². The molecule has 1 saturated heterocycles. The quantitative estimate of drug-likeness (QED) is 0.429. The summed E-state index contributed by atoms with van der Waals surface area (Å²) in [4.78, 5) is 10.9. The summed E-state index contributed by atoms with van der Waals surface area (Å²) in [5, 5.41) is 0. The molecule has 1 aliphatic heterocycles. The van der Waals surface area contributed by atoms with E-state index in [9.17, 15) is 9.00 Å². The highest BCUT2D eigenvalue weighted by atomic mass is 32.3. The van der Waals surface area contributed by atoms with Gasteiger partial charge < -0.3 is 9.46 Å². The number of esters is 1. The number of nitrogens with zero attached hydrogens (tertiary/aromatic N) is 1. The topological polar surface area (TPSA) is 57.5 Å². The minimum Gasteiger partial charge on any atom is -0.470 e. The van der Waals surface area contributed by atoms with Crippen LogP contribution in [0.1, 0.15) is 6.42 Å². The van der Waals surface area contributed by atoms with Gasteiger partial charge in [-0.2, -0.15) is 0 Å². The molecule has 0 N–H and O–H groups in total. The van der Waals surface area contributed by atoms with Crippen LogP contribution in [0.5, 0.6) is 0 Å². The molecule has 1 aliphatic rings. The number of hydrogen-bond donors (Lipinski definition) is 0. The van der Waals surface area contributed by atoms with Gasteiger partial charge in [0.25, 0.3) is 5.97 Å². The van der Waals surface area contributed by atoms with Crippen LogP contribution in [0, 0.1) is 0 Å². The molecule has 0 aromatic heterocycles. The number of hydrogen-bond acceptors (Lipinski definition) is 3. The molecule has 64 valence electrons. The van der Waals surface area contributed by atoms with E-state index in [4.69, 9.17) is 0 Å². The fourth-order valence-electron chi connectivity index (χ4n) is 1.00. The highest BCUT2D eigenvalue weighted by Gasteiger charge is 2.28. The summed E-state index contributed by atoms with van der Waals surface area (Å²) >= 11 is 0. The van der Waals surface area contributed by atoms with Crippen LogP contribution in [0.25, 0.3) is 4.72 Å². The zero-order valence-corrected chi connectivity index (χ0v) is 7.39. The lowest BCUT2D eigenvalue weighted by atomic mass is 10.2. The molecule has 2 atom stereocenters. The first kappa shape index (κ1) is 8.67. The summed E-state index contributed by atoms with van der Waals surface area (Å²) in [6, 6.07) is -0.488. The molecular formula is C6H11NO3S. The SMILES string of the molecule is COC(=O)[C@@H]1CC[S+](C)(=O)[N-]1. The van der Waals surface area contributed by atoms with Gasteiger partial charge in [-0.1, -0.05) is 0 Å². The number of ether oxygens (including phenoxy) is 1. The van der Waals surface area contributed by atoms with Crippen molar-refractivity contribution in [1.82, 2.24) is 0 Å². The van der Waals surface area contributed by atoms with Crippen LogP contribution in [0.2, 0.25) is 0 Å². The second-order valence-corrected chi connectivity index (χ2v) is 5.13. The third-order valence-corrected chi connectivity index (χ3v) is 3.29. The Labute approximate surface area is 66.9 Å². The summed E-state index contributed by atoms with van der Waals surface area (Å²) in [5.41, 5.74) is 0. The molecule has 11 heavy (non-hydrogen) atoms. The van der Waals surface area contributed by atoms with E-state index in [1.165, 1.54) is 7.11 Å². The Morgan fingerprint density at radius 2 is 2.36 bits per heavy atom. The molecule has 0 bridgehead atoms. The van der Waals surface area contributed by atoms with Crippen molar-refractivity contribution in [3.8, 4) is 0 Å². The highest BCUT2D eigenvalue weighted by molar-refractivity contribution is 8.05. The van der Waals surface area contributed by atoms with Crippen LogP contribution in [-0.4, -0.2) is 31.1 Å². The van der Waals surface area contributed by atoms with Crippen molar-refractivity contribution in [2.45, 2.75) is 12.5 Å². The molecule has 0 amide bonds. The van der Waals surface area contributed by atoms with E-state index in [1.54, 1.807) is 6.26 Å². The third-order valence-electron chi connectivity index (χ3n) is 1.59. The van der Waals surface area contributed by atoms with E-state index >= 15 is 0 Å². The number of carbonyl (C=O) groups excluding carboxylic acids is 1. The lowest BCUT2D eigenvalue weighted by molar-refractivity contribution is -0.141. The number of carbonyl (C=O) groups is 1. The Balaban J connectivity index is 2.55. The molecule has 0 aliphatic carbocycles. The Hall–Kier alpha value is -0.420. The van der Waals surface area contributed by atoms with Crippen LogP contribution in [0.4, 0.5) is 0 Å². The van der Waals surface area contributed by atoms with Gasteiger partial charge in [0.15, 0.2) is 0 Å². The van der Waals surface area contributed by atoms with Crippen molar-refractivity contribution < 1.29 is 13.7 Å². The van der Waals surface area contributed by atoms with Gasteiger partial charge in [0.1, 0.15) is 0 Å². The summed E-state index contributed by atoms with van der Waals surface area (Å²) in [7, 11) is -0.763. The lowest BCUT2D eigenvalue weighted by Gasteiger charge is -2.16. The summed E-state index contributed by atoms with van der Waals surface area (Å²) in [6.45, 7) is 0. The fourth-order valence-corrected chi connectivity index (χ4v) is 2.50. The molecule has 1 heterocycles. The maximum absolute atomic E-state index is 11.2. The summed E-state index contributed by atoms with van der Waals surface area (Å²) in [5.74, 6) is 0.129. The number of methoxy groups -OCH3 is 1. The second-order valence-electron chi connectivity index (χ2n) is 2.60. The Bertz CT molecular complexity index is 216. The third kappa shape index (κ3) is 2.00. The maximum Gasteiger partial charge on any atom is 0.291 e. The minimum atomic E-state index is -2.08. The average molecular weight is 177 g/mol. The predicted molar refractivity (Wildman–Crippen MR) is 42.6 cm³/mol. The molecule has 5 heteroatoms. The van der Waals surface area contributed by atoms with Gasteiger partial charge in [-0.25, -0.2) is 0 Å². The van der Waals surface area contributed by atoms with Gasteiger partial charge in [-0.15, -0.1) is 4.21 Å². The van der Waals surface area contributed by atoms with Crippen molar-refractivity contribution in [3.05, 3.63) is 4.72 Å². The van der Waals surface area contributed by atoms with E-state index in [-0.39, 0.29) is 5.97 Å². The van der Waals surface area contributed by atoms with E-state index < -0.39 is 16.2 Å². The molecular weight excluding hydrogens is 166 g/mol. The maximum atomic E-state index is 11.2. The van der Waals surface area contributed by atoms with Crippen molar-refractivity contribution in [2.75, 3.05) is 19.1 Å². The molecule has 0 spiro atoms. The zero-order chi connectivity index (χ0) is 8.48. The van der Waals surface area contributed by atoms with Gasteiger partial charge in [-0.3, -0.25) is 4.79 Å². The number of rotatable bonds is 1. The largest absolute Gasteiger partial charge is 0.470 e. The van der Waals surface area contributed by atoms with E-state index in [0.717, 1.165) is 0 Å². The zero-order valence-electron chi connectivity index (χ0n) is 6.57. The van der Waals surface area contributed by atoms with Crippen molar-refractivity contribution >= 4 is 16.1 Å². The lowest BCUT2D eigenvalue weighted by Crippen LogP contribution is -2.18. The van der Waals surface area contributed by atoms with E-state index in [0.29, 0.717) is 12.2 Å². The first-order valence-corrected chi connectivity index (χ1v) is 5.41. The van der Waals surface area contributed by atoms with Gasteiger partial charge >= 0.3 is 0 Å². The van der Waals surface area contributed by atoms with Crippen LogP contribution in [0.3, 0.4) is 0 Å².